The average molecular weight is 446 g/mol. The standard InChI is InChI=1S/C20H23ClF3N3O3/c1-20(2,3)30-19(29)26(4)13-7-8-27(9-11(13)23)18(28)17-16(24)14-12(25-17)6-5-10(22)15(14)21/h5-6,11,13,25H,7-9H2,1-4H3/t11-,13+/m1/s1. The molecule has 2 atom stereocenters. The predicted molar refractivity (Wildman–Crippen MR) is 106 cm³/mol. The lowest BCUT2D eigenvalue weighted by Crippen LogP contribution is -2.55. The number of nitrogens with one attached hydrogen (secondary N) is 1. The second-order valence-electron chi connectivity index (χ2n) is 8.31. The van der Waals surface area contributed by atoms with Crippen LogP contribution in [0.25, 0.3) is 10.9 Å². The van der Waals surface area contributed by atoms with E-state index in [4.69, 9.17) is 16.3 Å². The summed E-state index contributed by atoms with van der Waals surface area (Å²) in [6.07, 6.45) is -2.05. The lowest BCUT2D eigenvalue weighted by molar-refractivity contribution is -0.000819. The number of carbonyl (C=O) groups is 2. The third-order valence-corrected chi connectivity index (χ3v) is 5.35. The molecule has 3 rings (SSSR count). The molecule has 1 aliphatic rings. The zero-order valence-corrected chi connectivity index (χ0v) is 17.8. The third-order valence-electron chi connectivity index (χ3n) is 4.98. The van der Waals surface area contributed by atoms with Crippen molar-refractivity contribution in [2.24, 2.45) is 0 Å². The van der Waals surface area contributed by atoms with Gasteiger partial charge in [0, 0.05) is 13.6 Å². The highest BCUT2D eigenvalue weighted by Gasteiger charge is 2.38. The van der Waals surface area contributed by atoms with Crippen LogP contribution in [0.5, 0.6) is 0 Å². The maximum Gasteiger partial charge on any atom is 0.410 e. The first-order valence-electron chi connectivity index (χ1n) is 9.45. The molecule has 0 bridgehead atoms. The number of halogens is 4. The molecule has 2 aromatic rings. The average Bonchev–Trinajstić information content (AvgIpc) is 2.99. The number of ether oxygens (including phenoxy) is 1. The molecule has 1 fully saturated rings. The van der Waals surface area contributed by atoms with Crippen LogP contribution in [0, 0.1) is 11.6 Å². The van der Waals surface area contributed by atoms with Gasteiger partial charge in [0.15, 0.2) is 5.82 Å². The van der Waals surface area contributed by atoms with E-state index in [0.29, 0.717) is 0 Å². The van der Waals surface area contributed by atoms with Crippen LogP contribution in [0.15, 0.2) is 12.1 Å². The van der Waals surface area contributed by atoms with E-state index in [1.807, 2.05) is 0 Å². The molecular formula is C20H23ClF3N3O3. The molecule has 1 aromatic carbocycles. The van der Waals surface area contributed by atoms with Gasteiger partial charge in [0.25, 0.3) is 5.91 Å². The first kappa shape index (κ1) is 22.3. The summed E-state index contributed by atoms with van der Waals surface area (Å²) in [5.41, 5.74) is -0.968. The largest absolute Gasteiger partial charge is 0.444 e. The van der Waals surface area contributed by atoms with Crippen LogP contribution < -0.4 is 0 Å². The number of piperidine rings is 1. The number of hydrogen-bond acceptors (Lipinski definition) is 3. The van der Waals surface area contributed by atoms with E-state index >= 15 is 0 Å². The minimum Gasteiger partial charge on any atom is -0.444 e. The molecule has 164 valence electrons. The number of nitrogens with zero attached hydrogens (tertiary/aromatic N) is 2. The van der Waals surface area contributed by atoms with Crippen molar-refractivity contribution < 1.29 is 27.5 Å². The molecule has 0 radical (unpaired) electrons. The summed E-state index contributed by atoms with van der Waals surface area (Å²) in [6.45, 7) is 4.90. The first-order chi connectivity index (χ1) is 13.9. The summed E-state index contributed by atoms with van der Waals surface area (Å²) in [7, 11) is 1.44. The van der Waals surface area contributed by atoms with Crippen molar-refractivity contribution in [3.05, 3.63) is 34.5 Å². The zero-order chi connectivity index (χ0) is 22.4. The van der Waals surface area contributed by atoms with Crippen molar-refractivity contribution in [2.75, 3.05) is 20.1 Å². The van der Waals surface area contributed by atoms with Crippen molar-refractivity contribution in [3.63, 3.8) is 0 Å². The Kier molecular flexibility index (Phi) is 5.95. The fourth-order valence-electron chi connectivity index (χ4n) is 3.47. The van der Waals surface area contributed by atoms with E-state index in [0.717, 1.165) is 11.0 Å². The fraction of sp³-hybridized carbons (Fsp3) is 0.500. The number of H-pyrrole nitrogens is 1. The molecule has 0 aliphatic carbocycles. The van der Waals surface area contributed by atoms with Crippen LogP contribution in [0.4, 0.5) is 18.0 Å². The molecule has 1 aliphatic heterocycles. The Morgan fingerprint density at radius 3 is 2.57 bits per heavy atom. The molecule has 6 nitrogen and oxygen atoms in total. The second-order valence-corrected chi connectivity index (χ2v) is 8.69. The highest BCUT2D eigenvalue weighted by molar-refractivity contribution is 6.35. The molecule has 1 saturated heterocycles. The van der Waals surface area contributed by atoms with Crippen molar-refractivity contribution >= 4 is 34.5 Å². The van der Waals surface area contributed by atoms with Crippen molar-refractivity contribution in [3.8, 4) is 0 Å². The van der Waals surface area contributed by atoms with Gasteiger partial charge in [-0.2, -0.15) is 0 Å². The van der Waals surface area contributed by atoms with E-state index in [-0.39, 0.29) is 30.4 Å². The second kappa shape index (κ2) is 8.02. The van der Waals surface area contributed by atoms with Crippen molar-refractivity contribution in [1.29, 1.82) is 0 Å². The van der Waals surface area contributed by atoms with Gasteiger partial charge < -0.3 is 19.5 Å². The molecule has 0 spiro atoms. The van der Waals surface area contributed by atoms with Gasteiger partial charge in [0.05, 0.1) is 28.5 Å². The highest BCUT2D eigenvalue weighted by Crippen LogP contribution is 2.31. The Labute approximate surface area is 176 Å². The number of fused-ring (bicyclic) bond motifs is 1. The highest BCUT2D eigenvalue weighted by atomic mass is 35.5. The molecular weight excluding hydrogens is 423 g/mol. The van der Waals surface area contributed by atoms with Gasteiger partial charge in [-0.1, -0.05) is 11.6 Å². The first-order valence-corrected chi connectivity index (χ1v) is 9.83. The summed E-state index contributed by atoms with van der Waals surface area (Å²) in [5, 5.41) is -0.655. The maximum atomic E-state index is 14.8. The van der Waals surface area contributed by atoms with Crippen LogP contribution in [0.2, 0.25) is 5.02 Å². The number of likely N-dealkylation sites (tertiary alicyclic amines) is 1. The molecule has 10 heteroatoms. The molecule has 30 heavy (non-hydrogen) atoms. The summed E-state index contributed by atoms with van der Waals surface area (Å²) < 4.78 is 48.5. The van der Waals surface area contributed by atoms with Gasteiger partial charge in [-0.05, 0) is 39.3 Å². The van der Waals surface area contributed by atoms with Gasteiger partial charge in [-0.15, -0.1) is 0 Å². The lowest BCUT2D eigenvalue weighted by Gasteiger charge is -2.39. The van der Waals surface area contributed by atoms with Gasteiger partial charge in [0.2, 0.25) is 0 Å². The Bertz CT molecular complexity index is 989. The molecule has 1 N–H and O–H groups in total. The van der Waals surface area contributed by atoms with Gasteiger partial charge in [-0.25, -0.2) is 18.0 Å². The number of hydrogen-bond donors (Lipinski definition) is 1. The number of alkyl halides is 1. The van der Waals surface area contributed by atoms with E-state index in [9.17, 15) is 22.8 Å². The maximum absolute atomic E-state index is 14.8. The van der Waals surface area contributed by atoms with Gasteiger partial charge in [-0.3, -0.25) is 4.79 Å². The van der Waals surface area contributed by atoms with Crippen LogP contribution in [0.1, 0.15) is 37.7 Å². The number of benzene rings is 1. The topological polar surface area (TPSA) is 65.6 Å². The molecule has 1 aromatic heterocycles. The number of aromatic nitrogens is 1. The van der Waals surface area contributed by atoms with Crippen molar-refractivity contribution in [1.82, 2.24) is 14.8 Å². The normalized spacial score (nSPS) is 19.8. The Morgan fingerprint density at radius 1 is 1.30 bits per heavy atom. The van der Waals surface area contributed by atoms with E-state index in [1.54, 1.807) is 20.8 Å². The van der Waals surface area contributed by atoms with Gasteiger partial charge >= 0.3 is 6.09 Å². The smallest absolute Gasteiger partial charge is 0.410 e. The summed E-state index contributed by atoms with van der Waals surface area (Å²) in [6, 6.07) is 1.56. The quantitative estimate of drug-likeness (QED) is 0.739. The lowest BCUT2D eigenvalue weighted by atomic mass is 10.0. The molecule has 0 unspecified atom stereocenters. The minimum absolute atomic E-state index is 0.105. The summed E-state index contributed by atoms with van der Waals surface area (Å²) in [5.74, 6) is -2.56. The van der Waals surface area contributed by atoms with Crippen LogP contribution in [0.3, 0.4) is 0 Å². The van der Waals surface area contributed by atoms with Crippen LogP contribution in [-0.4, -0.2) is 64.7 Å². The Balaban J connectivity index is 1.75. The zero-order valence-electron chi connectivity index (χ0n) is 17.1. The fourth-order valence-corrected chi connectivity index (χ4v) is 3.72. The van der Waals surface area contributed by atoms with E-state index < -0.39 is 52.2 Å². The van der Waals surface area contributed by atoms with E-state index in [2.05, 4.69) is 4.98 Å². The number of amides is 2. The van der Waals surface area contributed by atoms with Crippen LogP contribution in [-0.2, 0) is 4.74 Å². The summed E-state index contributed by atoms with van der Waals surface area (Å²) >= 11 is 5.82. The SMILES string of the molecule is CN(C(=O)OC(C)(C)C)[C@H]1CCN(C(=O)c2[nH]c3ccc(F)c(Cl)c3c2F)C[C@H]1F. The number of aromatic amines is 1. The Hall–Kier alpha value is -2.42. The Morgan fingerprint density at radius 2 is 1.97 bits per heavy atom. The monoisotopic (exact) mass is 445 g/mol. The van der Waals surface area contributed by atoms with E-state index in [1.165, 1.54) is 18.0 Å². The minimum atomic E-state index is -1.55. The molecule has 2 amide bonds. The third kappa shape index (κ3) is 4.21. The van der Waals surface area contributed by atoms with Gasteiger partial charge in [0.1, 0.15) is 23.3 Å². The summed E-state index contributed by atoms with van der Waals surface area (Å²) in [4.78, 5) is 29.9. The number of rotatable bonds is 2. The van der Waals surface area contributed by atoms with Crippen molar-refractivity contribution in [2.45, 2.75) is 45.0 Å². The molecule has 0 saturated carbocycles. The number of carbonyl (C=O) groups excluding carboxylic acids is 2. The van der Waals surface area contributed by atoms with Crippen LogP contribution >= 0.6 is 11.6 Å². The predicted octanol–water partition coefficient (Wildman–Crippen LogP) is 4.52. The molecule has 2 heterocycles.